The van der Waals surface area contributed by atoms with E-state index < -0.39 is 14.2 Å². The molecule has 0 aliphatic rings. The van der Waals surface area contributed by atoms with Gasteiger partial charge in [-0.25, -0.2) is 9.32 Å². The number of hydrogen-bond acceptors (Lipinski definition) is 3. The fraction of sp³-hybridized carbons (Fsp3) is 0. The molecule has 0 radical (unpaired) electrons. The van der Waals surface area contributed by atoms with Crippen molar-refractivity contribution in [1.29, 1.82) is 0 Å². The minimum absolute atomic E-state index is 0.833. The Hall–Kier alpha value is -1.19. The predicted molar refractivity (Wildman–Crippen MR) is 38.9 cm³/mol. The minimum Gasteiger partial charge on any atom is -0.478 e. The Morgan fingerprint density at radius 2 is 1.91 bits per heavy atom. The lowest BCUT2D eigenvalue weighted by atomic mass is 10.7. The fourth-order valence-corrected chi connectivity index (χ4v) is 0.191. The van der Waals surface area contributed by atoms with Gasteiger partial charge in [-0.3, -0.25) is 0 Å². The van der Waals surface area contributed by atoms with Crippen LogP contribution in [-0.2, 0) is 13.9 Å². The molecule has 1 unspecified atom stereocenters. The maximum absolute atomic E-state index is 9.45. The fourth-order valence-electron chi connectivity index (χ4n) is 0.0638. The van der Waals surface area contributed by atoms with Crippen molar-refractivity contribution in [1.82, 2.24) is 0 Å². The molecule has 0 amide bonds. The van der Waals surface area contributed by atoms with Crippen molar-refractivity contribution in [2.75, 3.05) is 0 Å². The molecule has 5 nitrogen and oxygen atoms in total. The van der Waals surface area contributed by atoms with E-state index >= 15 is 0 Å². The highest BCUT2D eigenvalue weighted by atomic mass is 31.1. The zero-order valence-electron chi connectivity index (χ0n) is 5.64. The van der Waals surface area contributed by atoms with Gasteiger partial charge in [0.05, 0.1) is 0 Å². The molecule has 0 rings (SSSR count). The molecule has 0 spiro atoms. The number of rotatable bonds is 3. The molecule has 1 atom stereocenters. The van der Waals surface area contributed by atoms with E-state index in [2.05, 4.69) is 17.7 Å². The van der Waals surface area contributed by atoms with Crippen LogP contribution in [0.25, 0.3) is 0 Å². The molecule has 0 aliphatic heterocycles. The van der Waals surface area contributed by atoms with Crippen LogP contribution in [0.15, 0.2) is 25.5 Å². The molecule has 0 aromatic heterocycles. The van der Waals surface area contributed by atoms with E-state index in [1.165, 1.54) is 0 Å². The quantitative estimate of drug-likeness (QED) is 0.384. The summed E-state index contributed by atoms with van der Waals surface area (Å²) in [5.41, 5.74) is 0. The summed E-state index contributed by atoms with van der Waals surface area (Å²) in [6.45, 7) is 6.00. The number of carboxylic acids is 1. The molecule has 0 saturated heterocycles. The Balaban J connectivity index is 0. The summed E-state index contributed by atoms with van der Waals surface area (Å²) in [5.74, 6) is -0.981. The predicted octanol–water partition coefficient (Wildman–Crippen LogP) is 1.05. The maximum atomic E-state index is 9.45. The average Bonchev–Trinajstić information content (AvgIpc) is 1.89. The highest BCUT2D eigenvalue weighted by Crippen LogP contribution is 2.12. The van der Waals surface area contributed by atoms with Gasteiger partial charge in [0.25, 0.3) is 0 Å². The normalized spacial score (nSPS) is 8.27. The lowest BCUT2D eigenvalue weighted by Crippen LogP contribution is -1.82. The zero-order valence-corrected chi connectivity index (χ0v) is 6.53. The van der Waals surface area contributed by atoms with Gasteiger partial charge in [0, 0.05) is 10.6 Å². The molecule has 0 heterocycles. The maximum Gasteiger partial charge on any atom is 0.746 e. The molecule has 0 fully saturated rings. The summed E-state index contributed by atoms with van der Waals surface area (Å²) in [4.78, 5) is 17.0. The molecule has 0 aromatic rings. The van der Waals surface area contributed by atoms with Gasteiger partial charge < -0.3 is 5.11 Å². The summed E-state index contributed by atoms with van der Waals surface area (Å²) in [6, 6.07) is 0. The molecule has 11 heavy (non-hydrogen) atoms. The molecule has 0 aliphatic carbocycles. The van der Waals surface area contributed by atoms with Crippen LogP contribution in [0.5, 0.6) is 0 Å². The van der Waals surface area contributed by atoms with Gasteiger partial charge in [0.2, 0.25) is 0 Å². The van der Waals surface area contributed by atoms with Crippen molar-refractivity contribution in [3.05, 3.63) is 25.5 Å². The van der Waals surface area contributed by atoms with Gasteiger partial charge in [0.1, 0.15) is 6.26 Å². The first-order valence-corrected chi connectivity index (χ1v) is 3.46. The topological polar surface area (TPSA) is 83.8 Å². The Morgan fingerprint density at radius 3 is 1.91 bits per heavy atom. The first-order chi connectivity index (χ1) is 5.04. The van der Waals surface area contributed by atoms with Crippen molar-refractivity contribution in [3.8, 4) is 0 Å². The lowest BCUT2D eigenvalue weighted by Gasteiger charge is -1.64. The van der Waals surface area contributed by atoms with Crippen LogP contribution >= 0.6 is 8.25 Å². The molecule has 0 aromatic carbocycles. The highest BCUT2D eigenvalue weighted by Gasteiger charge is 2.05. The smallest absolute Gasteiger partial charge is 0.478 e. The standard InChI is InChI=1S/C3H4O2.C2H3O3P/c1-2-3(4)5;1-2-5-6(3)4/h2H,1H2,(H,4,5);2H,1H2/p+1. The molecule has 0 bridgehead atoms. The van der Waals surface area contributed by atoms with E-state index in [1.54, 1.807) is 0 Å². The first kappa shape index (κ1) is 12.5. The van der Waals surface area contributed by atoms with E-state index in [4.69, 9.17) is 10.00 Å². The average molecular weight is 179 g/mol. The van der Waals surface area contributed by atoms with Gasteiger partial charge in [-0.2, -0.15) is 0 Å². The monoisotopic (exact) mass is 179 g/mol. The molecule has 0 saturated carbocycles. The van der Waals surface area contributed by atoms with Crippen LogP contribution in [0.3, 0.4) is 0 Å². The van der Waals surface area contributed by atoms with Gasteiger partial charge in [-0.1, -0.05) is 13.2 Å². The van der Waals surface area contributed by atoms with E-state index in [9.17, 15) is 9.36 Å². The van der Waals surface area contributed by atoms with E-state index in [1.807, 2.05) is 0 Å². The summed E-state index contributed by atoms with van der Waals surface area (Å²) in [5, 5.41) is 7.60. The van der Waals surface area contributed by atoms with E-state index in [0.717, 1.165) is 12.3 Å². The molecular formula is C5H8O5P+. The summed E-state index contributed by atoms with van der Waals surface area (Å²) in [6.07, 6.45) is 1.75. The number of aliphatic carboxylic acids is 1. The molecule has 2 N–H and O–H groups in total. The second kappa shape index (κ2) is 8.81. The Labute approximate surface area is 64.6 Å². The summed E-state index contributed by atoms with van der Waals surface area (Å²) in [7, 11) is -2.47. The molecule has 62 valence electrons. The Kier molecular flexibility index (Phi) is 10.00. The van der Waals surface area contributed by atoms with Crippen LogP contribution in [0, 0.1) is 0 Å². The van der Waals surface area contributed by atoms with Crippen LogP contribution < -0.4 is 0 Å². The van der Waals surface area contributed by atoms with Crippen molar-refractivity contribution >= 4 is 14.2 Å². The number of hydrogen-bond donors (Lipinski definition) is 2. The Morgan fingerprint density at radius 1 is 1.55 bits per heavy atom. The number of carboxylic acid groups (broad SMARTS) is 1. The molecular weight excluding hydrogens is 171 g/mol. The van der Waals surface area contributed by atoms with E-state index in [0.29, 0.717) is 0 Å². The Bertz CT molecular complexity index is 164. The van der Waals surface area contributed by atoms with Crippen LogP contribution in [0.1, 0.15) is 0 Å². The third kappa shape index (κ3) is 28.1. The van der Waals surface area contributed by atoms with Gasteiger partial charge in [-0.05, 0) is 0 Å². The largest absolute Gasteiger partial charge is 0.746 e. The van der Waals surface area contributed by atoms with Crippen molar-refractivity contribution in [2.24, 2.45) is 0 Å². The third-order valence-electron chi connectivity index (χ3n) is 0.339. The zero-order chi connectivity index (χ0) is 9.28. The van der Waals surface area contributed by atoms with Gasteiger partial charge in [0.15, 0.2) is 0 Å². The van der Waals surface area contributed by atoms with E-state index in [-0.39, 0.29) is 0 Å². The molecule has 6 heteroatoms. The summed E-state index contributed by atoms with van der Waals surface area (Å²) < 4.78 is 13.3. The second-order valence-corrected chi connectivity index (χ2v) is 1.74. The summed E-state index contributed by atoms with van der Waals surface area (Å²) >= 11 is 0. The van der Waals surface area contributed by atoms with Gasteiger partial charge in [-0.15, -0.1) is 4.89 Å². The van der Waals surface area contributed by atoms with Crippen LogP contribution in [0.2, 0.25) is 0 Å². The highest BCUT2D eigenvalue weighted by molar-refractivity contribution is 7.32. The second-order valence-electron chi connectivity index (χ2n) is 1.05. The minimum atomic E-state index is -2.47. The van der Waals surface area contributed by atoms with Crippen LogP contribution in [-0.4, -0.2) is 16.0 Å². The number of carbonyl (C=O) groups is 1. The van der Waals surface area contributed by atoms with Crippen molar-refractivity contribution < 1.29 is 23.9 Å². The van der Waals surface area contributed by atoms with Crippen molar-refractivity contribution in [3.63, 3.8) is 0 Å². The van der Waals surface area contributed by atoms with Gasteiger partial charge >= 0.3 is 14.2 Å². The third-order valence-corrected chi connectivity index (χ3v) is 0.669. The van der Waals surface area contributed by atoms with Crippen molar-refractivity contribution in [2.45, 2.75) is 0 Å². The lowest BCUT2D eigenvalue weighted by molar-refractivity contribution is -0.131. The van der Waals surface area contributed by atoms with Crippen LogP contribution in [0.4, 0.5) is 0 Å². The first-order valence-electron chi connectivity index (χ1n) is 2.33. The SMILES string of the molecule is C=CC(=O)O.C=CO[P+](=O)O.